The van der Waals surface area contributed by atoms with Crippen LogP contribution < -0.4 is 10.1 Å². The fourth-order valence-electron chi connectivity index (χ4n) is 3.59. The Kier molecular flexibility index (Phi) is 11.0. The van der Waals surface area contributed by atoms with Crippen molar-refractivity contribution < 1.29 is 29.0 Å². The van der Waals surface area contributed by atoms with E-state index in [1.54, 1.807) is 0 Å². The van der Waals surface area contributed by atoms with E-state index >= 15 is 0 Å². The molecule has 2 N–H and O–H groups in total. The lowest BCUT2D eigenvalue weighted by Gasteiger charge is -2.26. The second-order valence-electron chi connectivity index (χ2n) is 8.04. The molecule has 0 radical (unpaired) electrons. The number of carboxylic acid groups (broad SMARTS) is 1. The van der Waals surface area contributed by atoms with Gasteiger partial charge in [-0.25, -0.2) is 4.79 Å². The van der Waals surface area contributed by atoms with Crippen molar-refractivity contribution in [3.63, 3.8) is 0 Å². The summed E-state index contributed by atoms with van der Waals surface area (Å²) in [5.74, 6) is -0.849. The van der Waals surface area contributed by atoms with Crippen molar-refractivity contribution in [1.82, 2.24) is 15.1 Å². The first-order valence-corrected chi connectivity index (χ1v) is 11.1. The van der Waals surface area contributed by atoms with Crippen LogP contribution in [-0.4, -0.2) is 91.3 Å². The molecule has 0 aliphatic carbocycles. The second kappa shape index (κ2) is 13.7. The fraction of sp³-hybridized carbons (Fsp3) is 0.609. The number of para-hydroxylation sites is 1. The van der Waals surface area contributed by atoms with Crippen LogP contribution in [0.1, 0.15) is 32.6 Å². The lowest BCUT2D eigenvalue weighted by molar-refractivity contribution is -0.149. The van der Waals surface area contributed by atoms with Crippen LogP contribution in [0.4, 0.5) is 0 Å². The predicted octanol–water partition coefficient (Wildman–Crippen LogP) is 1.37. The minimum Gasteiger partial charge on any atom is -0.494 e. The zero-order valence-electron chi connectivity index (χ0n) is 19.0. The molecule has 32 heavy (non-hydrogen) atoms. The number of amides is 2. The summed E-state index contributed by atoms with van der Waals surface area (Å²) in [6.07, 6.45) is 1.89. The summed E-state index contributed by atoms with van der Waals surface area (Å²) in [7, 11) is 2.11. The van der Waals surface area contributed by atoms with Gasteiger partial charge in [-0.1, -0.05) is 18.2 Å². The first-order valence-electron chi connectivity index (χ1n) is 11.1. The Bertz CT molecular complexity index is 724. The summed E-state index contributed by atoms with van der Waals surface area (Å²) in [4.78, 5) is 38.9. The van der Waals surface area contributed by atoms with Crippen LogP contribution in [0, 0.1) is 0 Å². The number of hydrogen-bond donors (Lipinski definition) is 2. The highest BCUT2D eigenvalue weighted by atomic mass is 16.5. The maximum Gasteiger partial charge on any atom is 0.326 e. The summed E-state index contributed by atoms with van der Waals surface area (Å²) in [6.45, 7) is 6.08. The highest BCUT2D eigenvalue weighted by Gasteiger charge is 2.38. The summed E-state index contributed by atoms with van der Waals surface area (Å²) in [5, 5.41) is 11.7. The third-order valence-electron chi connectivity index (χ3n) is 5.47. The summed E-state index contributed by atoms with van der Waals surface area (Å²) < 4.78 is 10.6. The highest BCUT2D eigenvalue weighted by molar-refractivity contribution is 5.88. The molecule has 2 aliphatic rings. The number of morpholine rings is 1. The van der Waals surface area contributed by atoms with Crippen LogP contribution >= 0.6 is 0 Å². The lowest BCUT2D eigenvalue weighted by Crippen LogP contribution is -2.48. The van der Waals surface area contributed by atoms with Crippen LogP contribution in [0.2, 0.25) is 0 Å². The van der Waals surface area contributed by atoms with Gasteiger partial charge in [0.1, 0.15) is 11.8 Å². The van der Waals surface area contributed by atoms with Gasteiger partial charge in [-0.05, 0) is 45.4 Å². The van der Waals surface area contributed by atoms with E-state index < -0.39 is 12.0 Å². The van der Waals surface area contributed by atoms with E-state index in [0.29, 0.717) is 25.9 Å². The van der Waals surface area contributed by atoms with Crippen LogP contribution in [0.15, 0.2) is 30.3 Å². The maximum atomic E-state index is 12.2. The van der Waals surface area contributed by atoms with Crippen LogP contribution in [0.3, 0.4) is 0 Å². The number of ether oxygens (including phenoxy) is 2. The normalized spacial score (nSPS) is 20.8. The molecule has 2 fully saturated rings. The van der Waals surface area contributed by atoms with Crippen molar-refractivity contribution in [1.29, 1.82) is 0 Å². The van der Waals surface area contributed by atoms with Crippen molar-refractivity contribution in [2.24, 2.45) is 0 Å². The molecule has 0 aromatic heterocycles. The summed E-state index contributed by atoms with van der Waals surface area (Å²) in [6, 6.07) is 8.41. The van der Waals surface area contributed by atoms with Crippen molar-refractivity contribution in [2.75, 3.05) is 46.5 Å². The number of nitrogens with one attached hydrogen (secondary N) is 1. The monoisotopic (exact) mass is 449 g/mol. The highest BCUT2D eigenvalue weighted by Crippen LogP contribution is 2.24. The van der Waals surface area contributed by atoms with E-state index in [4.69, 9.17) is 14.6 Å². The van der Waals surface area contributed by atoms with Gasteiger partial charge in [0.2, 0.25) is 11.8 Å². The zero-order valence-corrected chi connectivity index (χ0v) is 19.0. The Hall–Kier alpha value is -2.65. The Morgan fingerprint density at radius 3 is 2.44 bits per heavy atom. The zero-order chi connectivity index (χ0) is 23.3. The Balaban J connectivity index is 0.000000439. The molecule has 3 rings (SSSR count). The quantitative estimate of drug-likeness (QED) is 0.577. The second-order valence-corrected chi connectivity index (χ2v) is 8.04. The number of likely N-dealkylation sites (N-methyl/N-ethyl adjacent to an activating group) is 1. The number of carbonyl (C=O) groups excluding carboxylic acids is 2. The first-order chi connectivity index (χ1) is 15.4. The molecular formula is C23H35N3O6. The molecular weight excluding hydrogens is 414 g/mol. The van der Waals surface area contributed by atoms with E-state index in [9.17, 15) is 14.4 Å². The van der Waals surface area contributed by atoms with Gasteiger partial charge in [0, 0.05) is 25.6 Å². The fourth-order valence-corrected chi connectivity index (χ4v) is 3.59. The van der Waals surface area contributed by atoms with Crippen LogP contribution in [0.5, 0.6) is 5.75 Å². The third-order valence-corrected chi connectivity index (χ3v) is 5.47. The van der Waals surface area contributed by atoms with E-state index in [2.05, 4.69) is 17.3 Å². The van der Waals surface area contributed by atoms with Crippen molar-refractivity contribution >= 4 is 17.8 Å². The van der Waals surface area contributed by atoms with Gasteiger partial charge in [-0.3, -0.25) is 9.59 Å². The molecule has 9 nitrogen and oxygen atoms in total. The molecule has 1 aromatic carbocycles. The minimum absolute atomic E-state index is 0.121. The molecule has 178 valence electrons. The smallest absolute Gasteiger partial charge is 0.326 e. The predicted molar refractivity (Wildman–Crippen MR) is 119 cm³/mol. The van der Waals surface area contributed by atoms with Gasteiger partial charge in [-0.15, -0.1) is 0 Å². The maximum absolute atomic E-state index is 12.2. The Morgan fingerprint density at radius 2 is 1.84 bits per heavy atom. The summed E-state index contributed by atoms with van der Waals surface area (Å²) in [5.41, 5.74) is 0. The molecule has 0 spiro atoms. The molecule has 2 heterocycles. The summed E-state index contributed by atoms with van der Waals surface area (Å²) >= 11 is 0. The number of rotatable bonds is 8. The molecule has 2 amide bonds. The van der Waals surface area contributed by atoms with E-state index in [1.165, 1.54) is 4.90 Å². The lowest BCUT2D eigenvalue weighted by atomic mass is 10.2. The van der Waals surface area contributed by atoms with E-state index in [-0.39, 0.29) is 30.8 Å². The average Bonchev–Trinajstić information content (AvgIpc) is 3.18. The molecule has 9 heteroatoms. The van der Waals surface area contributed by atoms with Crippen LogP contribution in [-0.2, 0) is 19.1 Å². The van der Waals surface area contributed by atoms with Crippen molar-refractivity contribution in [2.45, 2.75) is 44.7 Å². The molecule has 0 bridgehead atoms. The average molecular weight is 450 g/mol. The van der Waals surface area contributed by atoms with Gasteiger partial charge in [0.05, 0.1) is 26.4 Å². The number of hydrogen-bond acceptors (Lipinski definition) is 6. The molecule has 2 aliphatic heterocycles. The molecule has 1 aromatic rings. The van der Waals surface area contributed by atoms with Crippen molar-refractivity contribution in [3.05, 3.63) is 30.3 Å². The number of carbonyl (C=O) groups is 3. The molecule has 2 saturated heterocycles. The standard InChI is InChI=1S/C18H24N2O5.C5H11NO/c1-13-9-10-15(18(23)24)20(13)17(22)12-19-16(21)8-5-11-25-14-6-3-2-4-7-14;1-6-2-4-7-5-3-6/h2-4,6-7,13,15H,5,8-12H2,1H3,(H,19,21)(H,23,24);2-5H2,1H3. The topological polar surface area (TPSA) is 108 Å². The van der Waals surface area contributed by atoms with Gasteiger partial charge in [0.15, 0.2) is 0 Å². The number of likely N-dealkylation sites (tertiary alicyclic amines) is 1. The van der Waals surface area contributed by atoms with Gasteiger partial charge in [0.25, 0.3) is 0 Å². The van der Waals surface area contributed by atoms with Crippen LogP contribution in [0.25, 0.3) is 0 Å². The number of nitrogens with zero attached hydrogens (tertiary/aromatic N) is 2. The minimum atomic E-state index is -0.998. The Morgan fingerprint density at radius 1 is 1.16 bits per heavy atom. The Labute approximate surface area is 189 Å². The van der Waals surface area contributed by atoms with Crippen molar-refractivity contribution in [3.8, 4) is 5.75 Å². The number of carboxylic acids is 1. The van der Waals surface area contributed by atoms with E-state index in [1.807, 2.05) is 37.3 Å². The largest absolute Gasteiger partial charge is 0.494 e. The molecule has 0 saturated carbocycles. The first kappa shape index (κ1) is 25.6. The SMILES string of the molecule is CC1CCC(C(=O)O)N1C(=O)CNC(=O)CCCOc1ccccc1.CN1CCOCC1. The third kappa shape index (κ3) is 8.84. The number of aliphatic carboxylic acids is 1. The molecule has 2 unspecified atom stereocenters. The van der Waals surface area contributed by atoms with E-state index in [0.717, 1.165) is 32.1 Å². The van der Waals surface area contributed by atoms with Gasteiger partial charge in [-0.2, -0.15) is 0 Å². The number of benzene rings is 1. The van der Waals surface area contributed by atoms with Gasteiger partial charge >= 0.3 is 5.97 Å². The molecule has 2 atom stereocenters. The van der Waals surface area contributed by atoms with Gasteiger partial charge < -0.3 is 29.7 Å².